The largest absolute Gasteiger partial charge is 0.303 e. The summed E-state index contributed by atoms with van der Waals surface area (Å²) in [5.41, 5.74) is 7.81. The van der Waals surface area contributed by atoms with E-state index in [9.17, 15) is 4.79 Å². The van der Waals surface area contributed by atoms with Gasteiger partial charge in [-0.3, -0.25) is 0 Å². The summed E-state index contributed by atoms with van der Waals surface area (Å²) in [6.45, 7) is 1.69. The molecule has 0 aromatic carbocycles. The summed E-state index contributed by atoms with van der Waals surface area (Å²) in [4.78, 5) is 12.2. The fourth-order valence-electron chi connectivity index (χ4n) is 0.275. The minimum absolute atomic E-state index is 0.197. The van der Waals surface area contributed by atoms with E-state index in [-0.39, 0.29) is 6.04 Å². The molecule has 0 aliphatic rings. The lowest BCUT2D eigenvalue weighted by molar-refractivity contribution is -0.108. The highest BCUT2D eigenvalue weighted by molar-refractivity contribution is 5.50. The summed E-state index contributed by atoms with van der Waals surface area (Å²) >= 11 is 0. The van der Waals surface area contributed by atoms with E-state index in [0.717, 1.165) is 6.29 Å². The standard InChI is InChI=1S/C4H7N3O/c1-4(2-3-8)6-7-5/h3-4H,2H2,1H3/t4-/m0/s1. The van der Waals surface area contributed by atoms with Gasteiger partial charge in [0.05, 0.1) is 0 Å². The molecule has 0 aliphatic heterocycles. The SMILES string of the molecule is C[C@@H](CC=O)N=[N+]=[N-]. The number of nitrogens with zero attached hydrogens (tertiary/aromatic N) is 3. The molecule has 0 saturated heterocycles. The van der Waals surface area contributed by atoms with Gasteiger partial charge in [0.25, 0.3) is 0 Å². The lowest BCUT2D eigenvalue weighted by Gasteiger charge is -1.91. The molecular weight excluding hydrogens is 106 g/mol. The quantitative estimate of drug-likeness (QED) is 0.235. The van der Waals surface area contributed by atoms with Crippen LogP contribution in [-0.2, 0) is 4.79 Å². The molecule has 0 bridgehead atoms. The van der Waals surface area contributed by atoms with Crippen molar-refractivity contribution in [2.24, 2.45) is 5.11 Å². The maximum atomic E-state index is 9.71. The summed E-state index contributed by atoms with van der Waals surface area (Å²) in [5.74, 6) is 0. The van der Waals surface area contributed by atoms with Gasteiger partial charge in [0.2, 0.25) is 0 Å². The van der Waals surface area contributed by atoms with Crippen LogP contribution in [0.15, 0.2) is 5.11 Å². The molecule has 0 aromatic rings. The Kier molecular flexibility index (Phi) is 3.62. The first kappa shape index (κ1) is 6.98. The molecule has 0 rings (SSSR count). The fraction of sp³-hybridized carbons (Fsp3) is 0.750. The molecule has 4 heteroatoms. The molecule has 44 valence electrons. The molecular formula is C4H7N3O. The van der Waals surface area contributed by atoms with Gasteiger partial charge in [-0.15, -0.1) is 0 Å². The Balaban J connectivity index is 3.46. The molecule has 0 radical (unpaired) electrons. The van der Waals surface area contributed by atoms with E-state index in [2.05, 4.69) is 10.0 Å². The molecule has 0 aromatic heterocycles. The Morgan fingerprint density at radius 3 is 3.00 bits per heavy atom. The summed E-state index contributed by atoms with van der Waals surface area (Å²) in [5, 5.41) is 3.26. The zero-order valence-corrected chi connectivity index (χ0v) is 4.61. The smallest absolute Gasteiger partial charge is 0.120 e. The van der Waals surface area contributed by atoms with Gasteiger partial charge in [0.15, 0.2) is 0 Å². The maximum Gasteiger partial charge on any atom is 0.120 e. The molecule has 0 amide bonds. The highest BCUT2D eigenvalue weighted by Crippen LogP contribution is 1.91. The van der Waals surface area contributed by atoms with Crippen molar-refractivity contribution in [3.63, 3.8) is 0 Å². The number of rotatable bonds is 3. The second-order valence-corrected chi connectivity index (χ2v) is 1.46. The number of aldehydes is 1. The van der Waals surface area contributed by atoms with Crippen molar-refractivity contribution >= 4 is 6.29 Å². The van der Waals surface area contributed by atoms with Crippen LogP contribution in [0.5, 0.6) is 0 Å². The Morgan fingerprint density at radius 2 is 2.62 bits per heavy atom. The van der Waals surface area contributed by atoms with Gasteiger partial charge in [-0.2, -0.15) is 0 Å². The van der Waals surface area contributed by atoms with Crippen LogP contribution >= 0.6 is 0 Å². The summed E-state index contributed by atoms with van der Waals surface area (Å²) in [7, 11) is 0. The predicted octanol–water partition coefficient (Wildman–Crippen LogP) is 1.27. The van der Waals surface area contributed by atoms with E-state index in [1.54, 1.807) is 6.92 Å². The first-order valence-electron chi connectivity index (χ1n) is 2.29. The molecule has 0 heterocycles. The van der Waals surface area contributed by atoms with Gasteiger partial charge >= 0.3 is 0 Å². The number of hydrogen-bond donors (Lipinski definition) is 0. The van der Waals surface area contributed by atoms with Crippen LogP contribution in [0.25, 0.3) is 10.4 Å². The van der Waals surface area contributed by atoms with Crippen LogP contribution in [0.4, 0.5) is 0 Å². The minimum atomic E-state index is -0.197. The first-order valence-corrected chi connectivity index (χ1v) is 2.29. The Hall–Kier alpha value is -1.02. The lowest BCUT2D eigenvalue weighted by atomic mass is 10.3. The van der Waals surface area contributed by atoms with Gasteiger partial charge in [0.1, 0.15) is 6.29 Å². The second kappa shape index (κ2) is 4.15. The number of carbonyl (C=O) groups excluding carboxylic acids is 1. The molecule has 0 unspecified atom stereocenters. The average Bonchev–Trinajstić information content (AvgIpc) is 1.68. The second-order valence-electron chi connectivity index (χ2n) is 1.46. The van der Waals surface area contributed by atoms with E-state index >= 15 is 0 Å². The number of azide groups is 1. The minimum Gasteiger partial charge on any atom is -0.303 e. The van der Waals surface area contributed by atoms with E-state index in [1.165, 1.54) is 0 Å². The normalized spacial score (nSPS) is 11.6. The van der Waals surface area contributed by atoms with Crippen molar-refractivity contribution in [2.45, 2.75) is 19.4 Å². The van der Waals surface area contributed by atoms with Gasteiger partial charge < -0.3 is 4.79 Å². The number of hydrogen-bond acceptors (Lipinski definition) is 2. The van der Waals surface area contributed by atoms with Crippen LogP contribution in [0.1, 0.15) is 13.3 Å². The third-order valence-corrected chi connectivity index (χ3v) is 0.686. The monoisotopic (exact) mass is 113 g/mol. The zero-order valence-electron chi connectivity index (χ0n) is 4.61. The van der Waals surface area contributed by atoms with E-state index in [0.29, 0.717) is 6.42 Å². The van der Waals surface area contributed by atoms with Crippen LogP contribution in [0, 0.1) is 0 Å². The van der Waals surface area contributed by atoms with Crippen molar-refractivity contribution in [2.75, 3.05) is 0 Å². The summed E-state index contributed by atoms with van der Waals surface area (Å²) in [6.07, 6.45) is 1.05. The van der Waals surface area contributed by atoms with Crippen LogP contribution in [0.3, 0.4) is 0 Å². The third-order valence-electron chi connectivity index (χ3n) is 0.686. The van der Waals surface area contributed by atoms with E-state index in [1.807, 2.05) is 0 Å². The topological polar surface area (TPSA) is 65.8 Å². The third kappa shape index (κ3) is 3.18. The Labute approximate surface area is 47.1 Å². The highest BCUT2D eigenvalue weighted by atomic mass is 16.1. The number of carbonyl (C=O) groups is 1. The van der Waals surface area contributed by atoms with Crippen molar-refractivity contribution < 1.29 is 4.79 Å². The molecule has 0 aliphatic carbocycles. The average molecular weight is 113 g/mol. The molecule has 0 N–H and O–H groups in total. The highest BCUT2D eigenvalue weighted by Gasteiger charge is 1.92. The molecule has 8 heavy (non-hydrogen) atoms. The fourth-order valence-corrected chi connectivity index (χ4v) is 0.275. The maximum absolute atomic E-state index is 9.71. The van der Waals surface area contributed by atoms with Gasteiger partial charge in [-0.05, 0) is 5.53 Å². The molecule has 1 atom stereocenters. The van der Waals surface area contributed by atoms with Gasteiger partial charge in [-0.1, -0.05) is 12.0 Å². The molecule has 0 saturated carbocycles. The van der Waals surface area contributed by atoms with Crippen LogP contribution in [0.2, 0.25) is 0 Å². The molecule has 0 spiro atoms. The van der Waals surface area contributed by atoms with Gasteiger partial charge in [0, 0.05) is 17.4 Å². The zero-order chi connectivity index (χ0) is 6.41. The van der Waals surface area contributed by atoms with Crippen LogP contribution in [-0.4, -0.2) is 12.3 Å². The van der Waals surface area contributed by atoms with Crippen molar-refractivity contribution in [3.8, 4) is 0 Å². The van der Waals surface area contributed by atoms with Crippen molar-refractivity contribution in [3.05, 3.63) is 10.4 Å². The van der Waals surface area contributed by atoms with E-state index < -0.39 is 0 Å². The Morgan fingerprint density at radius 1 is 2.00 bits per heavy atom. The molecule has 4 nitrogen and oxygen atoms in total. The van der Waals surface area contributed by atoms with Crippen molar-refractivity contribution in [1.29, 1.82) is 0 Å². The van der Waals surface area contributed by atoms with Gasteiger partial charge in [-0.25, -0.2) is 0 Å². The van der Waals surface area contributed by atoms with Crippen LogP contribution < -0.4 is 0 Å². The Bertz CT molecular complexity index is 116. The van der Waals surface area contributed by atoms with Crippen molar-refractivity contribution in [1.82, 2.24) is 0 Å². The van der Waals surface area contributed by atoms with E-state index in [4.69, 9.17) is 5.53 Å². The molecule has 0 fully saturated rings. The summed E-state index contributed by atoms with van der Waals surface area (Å²) < 4.78 is 0. The predicted molar refractivity (Wildman–Crippen MR) is 29.3 cm³/mol. The summed E-state index contributed by atoms with van der Waals surface area (Å²) in [6, 6.07) is -0.197. The lowest BCUT2D eigenvalue weighted by Crippen LogP contribution is -1.94. The first-order chi connectivity index (χ1) is 3.81.